The summed E-state index contributed by atoms with van der Waals surface area (Å²) in [6.07, 6.45) is 0. The van der Waals surface area contributed by atoms with Crippen LogP contribution in [0.25, 0.3) is 0 Å². The van der Waals surface area contributed by atoms with Gasteiger partial charge in [-0.15, -0.1) is 11.3 Å². The van der Waals surface area contributed by atoms with Crippen LogP contribution in [-0.4, -0.2) is 23.3 Å². The van der Waals surface area contributed by atoms with E-state index < -0.39 is 5.97 Å². The Morgan fingerprint density at radius 2 is 2.29 bits per heavy atom. The molecule has 0 fully saturated rings. The summed E-state index contributed by atoms with van der Waals surface area (Å²) in [6.45, 7) is 1.98. The number of para-hydroxylation sites is 1. The zero-order valence-corrected chi connectivity index (χ0v) is 13.6. The third kappa shape index (κ3) is 4.02. The fourth-order valence-corrected chi connectivity index (χ4v) is 2.39. The van der Waals surface area contributed by atoms with Crippen LogP contribution in [0, 0.1) is 0 Å². The van der Waals surface area contributed by atoms with Gasteiger partial charge in [-0.05, 0) is 35.0 Å². The van der Waals surface area contributed by atoms with Crippen molar-refractivity contribution in [3.05, 3.63) is 39.8 Å². The quantitative estimate of drug-likeness (QED) is 0.481. The molecule has 0 atom stereocenters. The van der Waals surface area contributed by atoms with Gasteiger partial charge in [-0.1, -0.05) is 12.1 Å². The van der Waals surface area contributed by atoms with Crippen molar-refractivity contribution < 1.29 is 9.53 Å². The van der Waals surface area contributed by atoms with E-state index in [1.807, 2.05) is 24.3 Å². The Balaban J connectivity index is 2.29. The number of rotatable bonds is 5. The number of carbonyl (C=O) groups is 1. The first-order chi connectivity index (χ1) is 10.1. The topological polar surface area (TPSA) is 89.6 Å². The van der Waals surface area contributed by atoms with Gasteiger partial charge in [0.2, 0.25) is 0 Å². The monoisotopic (exact) mass is 368 g/mol. The van der Waals surface area contributed by atoms with Crippen molar-refractivity contribution in [2.24, 2.45) is 5.10 Å². The Bertz CT molecular complexity index is 672. The molecule has 0 saturated heterocycles. The molecule has 0 radical (unpaired) electrons. The molecule has 0 aliphatic rings. The molecular weight excluding hydrogens is 356 g/mol. The molecule has 1 aromatic heterocycles. The first-order valence-corrected chi connectivity index (χ1v) is 7.75. The van der Waals surface area contributed by atoms with Crippen molar-refractivity contribution in [2.75, 3.05) is 17.8 Å². The van der Waals surface area contributed by atoms with Crippen LogP contribution in [-0.2, 0) is 9.53 Å². The molecule has 8 heteroatoms. The zero-order valence-electron chi connectivity index (χ0n) is 11.2. The molecule has 0 aliphatic heterocycles. The van der Waals surface area contributed by atoms with E-state index >= 15 is 0 Å². The van der Waals surface area contributed by atoms with Crippen molar-refractivity contribution in [3.63, 3.8) is 0 Å². The maximum Gasteiger partial charge on any atom is 0.361 e. The number of aromatic nitrogens is 1. The van der Waals surface area contributed by atoms with Gasteiger partial charge in [0.05, 0.1) is 12.3 Å². The van der Waals surface area contributed by atoms with E-state index in [-0.39, 0.29) is 12.3 Å². The van der Waals surface area contributed by atoms with Gasteiger partial charge in [0, 0.05) is 9.85 Å². The molecule has 0 bridgehead atoms. The second-order valence-corrected chi connectivity index (χ2v) is 5.59. The second kappa shape index (κ2) is 7.19. The third-order valence-corrected chi connectivity index (χ3v) is 3.76. The number of nitrogens with zero attached hydrogens (tertiary/aromatic N) is 2. The van der Waals surface area contributed by atoms with Gasteiger partial charge in [0.25, 0.3) is 0 Å². The Labute approximate surface area is 134 Å². The summed E-state index contributed by atoms with van der Waals surface area (Å²) in [5, 5.41) is 6.13. The van der Waals surface area contributed by atoms with Gasteiger partial charge in [-0.3, -0.25) is 5.43 Å². The molecule has 0 amide bonds. The average molecular weight is 369 g/mol. The number of hydrazone groups is 1. The summed E-state index contributed by atoms with van der Waals surface area (Å²) in [5.74, 6) is -0.553. The lowest BCUT2D eigenvalue weighted by Crippen LogP contribution is -2.20. The highest BCUT2D eigenvalue weighted by Crippen LogP contribution is 2.21. The van der Waals surface area contributed by atoms with Crippen LogP contribution in [0.5, 0.6) is 0 Å². The van der Waals surface area contributed by atoms with E-state index in [1.54, 1.807) is 12.3 Å². The molecule has 0 saturated carbocycles. The highest BCUT2D eigenvalue weighted by atomic mass is 79.9. The number of nitrogens with two attached hydrogens (primary N) is 1. The number of thiazole rings is 1. The summed E-state index contributed by atoms with van der Waals surface area (Å²) in [4.78, 5) is 16.0. The maximum absolute atomic E-state index is 12.0. The van der Waals surface area contributed by atoms with Gasteiger partial charge in [-0.2, -0.15) is 5.10 Å². The smallest absolute Gasteiger partial charge is 0.361 e. The molecule has 0 unspecified atom stereocenters. The van der Waals surface area contributed by atoms with Crippen LogP contribution in [0.1, 0.15) is 12.6 Å². The van der Waals surface area contributed by atoms with Crippen LogP contribution < -0.4 is 11.2 Å². The summed E-state index contributed by atoms with van der Waals surface area (Å²) >= 11 is 4.63. The van der Waals surface area contributed by atoms with Gasteiger partial charge >= 0.3 is 5.97 Å². The Kier molecular flexibility index (Phi) is 5.29. The highest BCUT2D eigenvalue weighted by Gasteiger charge is 2.18. The minimum atomic E-state index is -0.553. The molecule has 0 spiro atoms. The lowest BCUT2D eigenvalue weighted by Gasteiger charge is -2.06. The minimum Gasteiger partial charge on any atom is -0.461 e. The number of benzene rings is 1. The molecule has 6 nitrogen and oxygen atoms in total. The molecule has 3 N–H and O–H groups in total. The van der Waals surface area contributed by atoms with Gasteiger partial charge < -0.3 is 10.5 Å². The Morgan fingerprint density at radius 1 is 1.52 bits per heavy atom. The number of hydrogen-bond acceptors (Lipinski definition) is 7. The average Bonchev–Trinajstić information content (AvgIpc) is 2.88. The second-order valence-electron chi connectivity index (χ2n) is 3.84. The van der Waals surface area contributed by atoms with Crippen LogP contribution in [0.4, 0.5) is 10.8 Å². The van der Waals surface area contributed by atoms with Gasteiger partial charge in [-0.25, -0.2) is 9.78 Å². The van der Waals surface area contributed by atoms with Crippen LogP contribution >= 0.6 is 27.3 Å². The van der Waals surface area contributed by atoms with E-state index in [4.69, 9.17) is 10.5 Å². The number of nitrogen functional groups attached to an aromatic ring is 1. The van der Waals surface area contributed by atoms with Crippen molar-refractivity contribution in [1.29, 1.82) is 0 Å². The molecule has 1 heterocycles. The van der Waals surface area contributed by atoms with E-state index in [1.165, 1.54) is 11.3 Å². The molecular formula is C13H13BrN4O2S. The van der Waals surface area contributed by atoms with Crippen LogP contribution in [0.15, 0.2) is 39.2 Å². The van der Waals surface area contributed by atoms with Crippen LogP contribution in [0.3, 0.4) is 0 Å². The molecule has 1 aromatic carbocycles. The normalized spacial score (nSPS) is 11.2. The van der Waals surface area contributed by atoms with Crippen molar-refractivity contribution in [3.8, 4) is 0 Å². The largest absolute Gasteiger partial charge is 0.461 e. The number of halogens is 1. The first-order valence-electron chi connectivity index (χ1n) is 6.08. The summed E-state index contributed by atoms with van der Waals surface area (Å²) in [5.41, 5.74) is 9.61. The fourth-order valence-electron chi connectivity index (χ4n) is 1.47. The summed E-state index contributed by atoms with van der Waals surface area (Å²) < 4.78 is 5.82. The van der Waals surface area contributed by atoms with Crippen LogP contribution in [0.2, 0.25) is 0 Å². The number of hydrogen-bond donors (Lipinski definition) is 2. The molecule has 21 heavy (non-hydrogen) atoms. The number of esters is 1. The van der Waals surface area contributed by atoms with Crippen molar-refractivity contribution in [1.82, 2.24) is 4.98 Å². The summed E-state index contributed by atoms with van der Waals surface area (Å²) in [7, 11) is 0. The predicted molar refractivity (Wildman–Crippen MR) is 87.5 cm³/mol. The molecule has 2 rings (SSSR count). The summed E-state index contributed by atoms with van der Waals surface area (Å²) in [6, 6.07) is 7.42. The number of carbonyl (C=O) groups excluding carboxylic acids is 1. The predicted octanol–water partition coefficient (Wildman–Crippen LogP) is 2.87. The van der Waals surface area contributed by atoms with Gasteiger partial charge in [0.15, 0.2) is 10.8 Å². The molecule has 110 valence electrons. The highest BCUT2D eigenvalue weighted by molar-refractivity contribution is 9.10. The maximum atomic E-state index is 12.0. The van der Waals surface area contributed by atoms with Crippen molar-refractivity contribution >= 4 is 49.8 Å². The SMILES string of the molecule is CCOC(=O)/C(=N/Nc1ccccc1Br)c1csc(N)n1. The minimum absolute atomic E-state index is 0.0838. The Morgan fingerprint density at radius 3 is 2.90 bits per heavy atom. The van der Waals surface area contributed by atoms with E-state index in [0.717, 1.165) is 10.2 Å². The number of ether oxygens (including phenoxy) is 1. The lowest BCUT2D eigenvalue weighted by atomic mass is 10.3. The molecule has 0 aliphatic carbocycles. The number of anilines is 2. The third-order valence-electron chi connectivity index (χ3n) is 2.40. The van der Waals surface area contributed by atoms with Gasteiger partial charge in [0.1, 0.15) is 5.69 Å². The molecule has 2 aromatic rings. The van der Waals surface area contributed by atoms with E-state index in [9.17, 15) is 4.79 Å². The standard InChI is InChI=1S/C13H13BrN4O2S/c1-2-20-12(19)11(10-7-21-13(15)16-10)18-17-9-6-4-3-5-8(9)14/h3-7,17H,2H2,1H3,(H2,15,16)/b18-11+. The van der Waals surface area contributed by atoms with E-state index in [0.29, 0.717) is 10.8 Å². The lowest BCUT2D eigenvalue weighted by molar-refractivity contribution is -0.134. The fraction of sp³-hybridized carbons (Fsp3) is 0.154. The first kappa shape index (κ1) is 15.5. The zero-order chi connectivity index (χ0) is 15.2. The van der Waals surface area contributed by atoms with Crippen molar-refractivity contribution in [2.45, 2.75) is 6.92 Å². The van der Waals surface area contributed by atoms with E-state index in [2.05, 4.69) is 31.4 Å². The Hall–Kier alpha value is -1.93. The number of nitrogens with one attached hydrogen (secondary N) is 1.